The van der Waals surface area contributed by atoms with Gasteiger partial charge in [-0.05, 0) is 30.0 Å². The zero-order valence-electron chi connectivity index (χ0n) is 13.8. The van der Waals surface area contributed by atoms with Crippen molar-refractivity contribution < 1.29 is 0 Å². The maximum absolute atomic E-state index is 4.01. The normalized spacial score (nSPS) is 11.6. The van der Waals surface area contributed by atoms with Crippen LogP contribution in [0.15, 0.2) is 73.3 Å². The minimum absolute atomic E-state index is 0.0564. The average molecular weight is 293 g/mol. The minimum atomic E-state index is -0.0564. The third-order valence-electron chi connectivity index (χ3n) is 4.12. The third-order valence-corrected chi connectivity index (χ3v) is 4.12. The summed E-state index contributed by atoms with van der Waals surface area (Å²) in [5.41, 5.74) is 2.63. The van der Waals surface area contributed by atoms with Gasteiger partial charge in [0.1, 0.15) is 0 Å². The van der Waals surface area contributed by atoms with Crippen molar-refractivity contribution in [3.05, 3.63) is 84.4 Å². The molecule has 0 bridgehead atoms. The van der Waals surface area contributed by atoms with Crippen molar-refractivity contribution in [3.8, 4) is 0 Å². The van der Waals surface area contributed by atoms with Crippen LogP contribution in [-0.4, -0.2) is 13.1 Å². The Bertz CT molecular complexity index is 517. The molecule has 0 aliphatic heterocycles. The van der Waals surface area contributed by atoms with Gasteiger partial charge in [0.25, 0.3) is 0 Å². The molecule has 0 heterocycles. The van der Waals surface area contributed by atoms with Crippen LogP contribution < -0.4 is 5.32 Å². The van der Waals surface area contributed by atoms with E-state index in [-0.39, 0.29) is 5.41 Å². The third kappa shape index (κ3) is 3.86. The first-order chi connectivity index (χ1) is 10.7. The number of allylic oxidation sites excluding steroid dienone is 1. The summed E-state index contributed by atoms with van der Waals surface area (Å²) in [6.45, 7) is 10.4. The lowest BCUT2D eigenvalue weighted by atomic mass is 9.72. The molecule has 0 aromatic heterocycles. The van der Waals surface area contributed by atoms with Gasteiger partial charge in [-0.15, -0.1) is 6.58 Å². The van der Waals surface area contributed by atoms with Crippen LogP contribution in [0.3, 0.4) is 0 Å². The monoisotopic (exact) mass is 293 g/mol. The fourth-order valence-corrected chi connectivity index (χ4v) is 3.01. The van der Waals surface area contributed by atoms with E-state index in [4.69, 9.17) is 0 Å². The Kier molecular flexibility index (Phi) is 5.97. The molecule has 0 aliphatic carbocycles. The summed E-state index contributed by atoms with van der Waals surface area (Å²) >= 11 is 0. The van der Waals surface area contributed by atoms with Crippen LogP contribution >= 0.6 is 0 Å². The van der Waals surface area contributed by atoms with Gasteiger partial charge >= 0.3 is 0 Å². The molecule has 0 aliphatic rings. The standard InChI is InChI=1S/C21H27N/c1-4-15-21(17-22-16-18(2)3,19-11-7-5-8-12-19)20-13-9-6-10-14-20/h4-14,18,22H,1,15-17H2,2-3H3. The summed E-state index contributed by atoms with van der Waals surface area (Å²) in [5.74, 6) is 0.646. The van der Waals surface area contributed by atoms with Crippen molar-refractivity contribution in [3.63, 3.8) is 0 Å². The Hall–Kier alpha value is -1.86. The van der Waals surface area contributed by atoms with Gasteiger partial charge in [-0.3, -0.25) is 0 Å². The summed E-state index contributed by atoms with van der Waals surface area (Å²) < 4.78 is 0. The van der Waals surface area contributed by atoms with E-state index in [0.29, 0.717) is 5.92 Å². The molecule has 116 valence electrons. The van der Waals surface area contributed by atoms with Crippen LogP contribution in [0.5, 0.6) is 0 Å². The Balaban J connectivity index is 2.42. The van der Waals surface area contributed by atoms with Crippen LogP contribution in [0.25, 0.3) is 0 Å². The van der Waals surface area contributed by atoms with E-state index < -0.39 is 0 Å². The minimum Gasteiger partial charge on any atom is -0.315 e. The Labute approximate surface area is 135 Å². The van der Waals surface area contributed by atoms with Crippen LogP contribution in [0, 0.1) is 5.92 Å². The predicted octanol–water partition coefficient (Wildman–Crippen LogP) is 4.79. The fourth-order valence-electron chi connectivity index (χ4n) is 3.01. The van der Waals surface area contributed by atoms with Gasteiger partial charge in [0.15, 0.2) is 0 Å². The lowest BCUT2D eigenvalue weighted by Gasteiger charge is -2.35. The van der Waals surface area contributed by atoms with Crippen molar-refractivity contribution in [2.45, 2.75) is 25.7 Å². The number of hydrogen-bond acceptors (Lipinski definition) is 1. The number of nitrogens with one attached hydrogen (secondary N) is 1. The Morgan fingerprint density at radius 1 is 0.955 bits per heavy atom. The van der Waals surface area contributed by atoms with E-state index >= 15 is 0 Å². The van der Waals surface area contributed by atoms with E-state index in [2.05, 4.69) is 86.4 Å². The molecule has 1 nitrogen and oxygen atoms in total. The van der Waals surface area contributed by atoms with E-state index in [1.54, 1.807) is 0 Å². The Morgan fingerprint density at radius 3 is 1.86 bits per heavy atom. The quantitative estimate of drug-likeness (QED) is 0.690. The summed E-state index contributed by atoms with van der Waals surface area (Å²) in [7, 11) is 0. The molecular formula is C21H27N. The maximum atomic E-state index is 4.01. The van der Waals surface area contributed by atoms with E-state index in [9.17, 15) is 0 Å². The summed E-state index contributed by atoms with van der Waals surface area (Å²) in [6, 6.07) is 21.6. The number of benzene rings is 2. The molecule has 0 radical (unpaired) electrons. The van der Waals surface area contributed by atoms with Gasteiger partial charge in [-0.2, -0.15) is 0 Å². The van der Waals surface area contributed by atoms with Gasteiger partial charge in [0.2, 0.25) is 0 Å². The smallest absolute Gasteiger partial charge is 0.0361 e. The molecule has 0 fully saturated rings. The van der Waals surface area contributed by atoms with Gasteiger partial charge in [-0.25, -0.2) is 0 Å². The largest absolute Gasteiger partial charge is 0.315 e. The molecule has 2 rings (SSSR count). The highest BCUT2D eigenvalue weighted by Gasteiger charge is 2.32. The highest BCUT2D eigenvalue weighted by atomic mass is 14.9. The van der Waals surface area contributed by atoms with Crippen LogP contribution in [-0.2, 0) is 5.41 Å². The molecule has 2 aromatic carbocycles. The van der Waals surface area contributed by atoms with Crippen LogP contribution in [0.2, 0.25) is 0 Å². The van der Waals surface area contributed by atoms with Crippen molar-refractivity contribution in [1.82, 2.24) is 5.32 Å². The van der Waals surface area contributed by atoms with E-state index in [0.717, 1.165) is 19.5 Å². The first-order valence-corrected chi connectivity index (χ1v) is 8.12. The van der Waals surface area contributed by atoms with Gasteiger partial charge in [-0.1, -0.05) is 80.6 Å². The summed E-state index contributed by atoms with van der Waals surface area (Å²) in [5, 5.41) is 3.66. The number of rotatable bonds is 8. The predicted molar refractivity (Wildman–Crippen MR) is 96.2 cm³/mol. The lowest BCUT2D eigenvalue weighted by Crippen LogP contribution is -2.40. The molecule has 2 aromatic rings. The number of hydrogen-bond donors (Lipinski definition) is 1. The highest BCUT2D eigenvalue weighted by Crippen LogP contribution is 2.35. The van der Waals surface area contributed by atoms with Crippen molar-refractivity contribution in [2.24, 2.45) is 5.92 Å². The molecule has 0 saturated heterocycles. The van der Waals surface area contributed by atoms with Crippen molar-refractivity contribution in [1.29, 1.82) is 0 Å². The van der Waals surface area contributed by atoms with Crippen molar-refractivity contribution >= 4 is 0 Å². The van der Waals surface area contributed by atoms with Gasteiger partial charge in [0.05, 0.1) is 0 Å². The zero-order valence-corrected chi connectivity index (χ0v) is 13.8. The second kappa shape index (κ2) is 7.95. The first-order valence-electron chi connectivity index (χ1n) is 8.12. The second-order valence-electron chi connectivity index (χ2n) is 6.33. The second-order valence-corrected chi connectivity index (χ2v) is 6.33. The highest BCUT2D eigenvalue weighted by molar-refractivity contribution is 5.40. The van der Waals surface area contributed by atoms with Crippen molar-refractivity contribution in [2.75, 3.05) is 13.1 Å². The SMILES string of the molecule is C=CCC(CNCC(C)C)(c1ccccc1)c1ccccc1. The summed E-state index contributed by atoms with van der Waals surface area (Å²) in [4.78, 5) is 0. The maximum Gasteiger partial charge on any atom is 0.0361 e. The fraction of sp³-hybridized carbons (Fsp3) is 0.333. The summed E-state index contributed by atoms with van der Waals surface area (Å²) in [6.07, 6.45) is 2.96. The zero-order chi connectivity index (χ0) is 15.8. The molecule has 0 atom stereocenters. The molecule has 0 amide bonds. The van der Waals surface area contributed by atoms with E-state index in [1.165, 1.54) is 11.1 Å². The van der Waals surface area contributed by atoms with Gasteiger partial charge in [0, 0.05) is 12.0 Å². The molecule has 22 heavy (non-hydrogen) atoms. The van der Waals surface area contributed by atoms with Crippen LogP contribution in [0.4, 0.5) is 0 Å². The molecule has 0 saturated carbocycles. The molecule has 0 unspecified atom stereocenters. The topological polar surface area (TPSA) is 12.0 Å². The molecule has 1 heteroatoms. The molecule has 0 spiro atoms. The lowest BCUT2D eigenvalue weighted by molar-refractivity contribution is 0.442. The van der Waals surface area contributed by atoms with E-state index in [1.807, 2.05) is 6.08 Å². The van der Waals surface area contributed by atoms with Crippen LogP contribution in [0.1, 0.15) is 31.4 Å². The molecular weight excluding hydrogens is 266 g/mol. The Morgan fingerprint density at radius 2 is 1.45 bits per heavy atom. The average Bonchev–Trinajstić information content (AvgIpc) is 2.55. The molecule has 1 N–H and O–H groups in total. The van der Waals surface area contributed by atoms with Gasteiger partial charge < -0.3 is 5.32 Å². The first kappa shape index (κ1) is 16.5.